The molecule has 1 amide bonds. The van der Waals surface area contributed by atoms with Gasteiger partial charge in [-0.3, -0.25) is 4.79 Å². The van der Waals surface area contributed by atoms with Gasteiger partial charge in [-0.2, -0.15) is 0 Å². The van der Waals surface area contributed by atoms with Gasteiger partial charge in [-0.15, -0.1) is 0 Å². The van der Waals surface area contributed by atoms with Crippen molar-refractivity contribution in [3.63, 3.8) is 0 Å². The average Bonchev–Trinajstić information content (AvgIpc) is 2.25. The Bertz CT molecular complexity index is 363. The van der Waals surface area contributed by atoms with Crippen LogP contribution in [0.15, 0.2) is 24.3 Å². The van der Waals surface area contributed by atoms with Crippen LogP contribution in [0.25, 0.3) is 0 Å². The van der Waals surface area contributed by atoms with Crippen LogP contribution in [0.4, 0.5) is 0 Å². The highest BCUT2D eigenvalue weighted by atomic mass is 16.1. The maximum atomic E-state index is 11.6. The SMILES string of the molecule is CC(C)(C)CC(=O)NCc1ccc(CN)cc1. The van der Waals surface area contributed by atoms with E-state index < -0.39 is 0 Å². The summed E-state index contributed by atoms with van der Waals surface area (Å²) in [4.78, 5) is 11.6. The molecule has 3 heteroatoms. The predicted octanol–water partition coefficient (Wildman–Crippen LogP) is 2.20. The molecule has 0 radical (unpaired) electrons. The molecule has 0 unspecified atom stereocenters. The Morgan fingerprint density at radius 1 is 1.18 bits per heavy atom. The molecule has 0 bridgehead atoms. The van der Waals surface area contributed by atoms with Gasteiger partial charge in [0.1, 0.15) is 0 Å². The summed E-state index contributed by atoms with van der Waals surface area (Å²) in [6, 6.07) is 7.98. The molecule has 0 aliphatic rings. The van der Waals surface area contributed by atoms with Gasteiger partial charge in [-0.1, -0.05) is 45.0 Å². The molecular weight excluding hydrogens is 212 g/mol. The zero-order chi connectivity index (χ0) is 12.9. The number of carbonyl (C=O) groups is 1. The summed E-state index contributed by atoms with van der Waals surface area (Å²) in [6.07, 6.45) is 0.549. The molecule has 0 aliphatic heterocycles. The van der Waals surface area contributed by atoms with Crippen LogP contribution in [0.1, 0.15) is 38.3 Å². The third-order valence-electron chi connectivity index (χ3n) is 2.44. The minimum Gasteiger partial charge on any atom is -0.352 e. The first kappa shape index (κ1) is 13.7. The van der Waals surface area contributed by atoms with Crippen LogP contribution in [0.2, 0.25) is 0 Å². The molecule has 0 saturated carbocycles. The van der Waals surface area contributed by atoms with Crippen molar-refractivity contribution in [2.45, 2.75) is 40.3 Å². The fraction of sp³-hybridized carbons (Fsp3) is 0.500. The molecule has 3 N–H and O–H groups in total. The number of carbonyl (C=O) groups excluding carboxylic acids is 1. The lowest BCUT2D eigenvalue weighted by molar-refractivity contribution is -0.122. The van der Waals surface area contributed by atoms with E-state index in [1.165, 1.54) is 0 Å². The monoisotopic (exact) mass is 234 g/mol. The topological polar surface area (TPSA) is 55.1 Å². The van der Waals surface area contributed by atoms with Crippen LogP contribution < -0.4 is 11.1 Å². The van der Waals surface area contributed by atoms with Gasteiger partial charge in [0.25, 0.3) is 0 Å². The van der Waals surface area contributed by atoms with Gasteiger partial charge in [-0.25, -0.2) is 0 Å². The lowest BCUT2D eigenvalue weighted by Gasteiger charge is -2.17. The van der Waals surface area contributed by atoms with Gasteiger partial charge in [0.15, 0.2) is 0 Å². The van der Waals surface area contributed by atoms with Crippen LogP contribution in [0.3, 0.4) is 0 Å². The zero-order valence-electron chi connectivity index (χ0n) is 10.9. The van der Waals surface area contributed by atoms with Gasteiger partial charge in [0.05, 0.1) is 0 Å². The van der Waals surface area contributed by atoms with E-state index in [-0.39, 0.29) is 11.3 Å². The van der Waals surface area contributed by atoms with Gasteiger partial charge in [-0.05, 0) is 16.5 Å². The molecule has 17 heavy (non-hydrogen) atoms. The van der Waals surface area contributed by atoms with E-state index in [1.807, 2.05) is 24.3 Å². The number of amides is 1. The molecule has 0 aliphatic carbocycles. The van der Waals surface area contributed by atoms with Crippen LogP contribution in [-0.4, -0.2) is 5.91 Å². The molecule has 94 valence electrons. The van der Waals surface area contributed by atoms with Gasteiger partial charge < -0.3 is 11.1 Å². The van der Waals surface area contributed by atoms with Crippen molar-refractivity contribution < 1.29 is 4.79 Å². The molecule has 3 nitrogen and oxygen atoms in total. The summed E-state index contributed by atoms with van der Waals surface area (Å²) in [5.74, 6) is 0.0976. The Hall–Kier alpha value is -1.35. The zero-order valence-corrected chi connectivity index (χ0v) is 10.9. The number of benzene rings is 1. The maximum absolute atomic E-state index is 11.6. The van der Waals surface area contributed by atoms with Crippen molar-refractivity contribution in [2.75, 3.05) is 0 Å². The summed E-state index contributed by atoms with van der Waals surface area (Å²) < 4.78 is 0. The minimum absolute atomic E-state index is 0.0352. The van der Waals surface area contributed by atoms with Gasteiger partial charge in [0, 0.05) is 19.5 Å². The summed E-state index contributed by atoms with van der Waals surface area (Å²) >= 11 is 0. The molecule has 0 heterocycles. The number of hydrogen-bond acceptors (Lipinski definition) is 2. The Kier molecular flexibility index (Phi) is 4.70. The van der Waals surface area contributed by atoms with Crippen molar-refractivity contribution in [1.29, 1.82) is 0 Å². The van der Waals surface area contributed by atoms with E-state index in [9.17, 15) is 4.79 Å². The van der Waals surface area contributed by atoms with Crippen LogP contribution >= 0.6 is 0 Å². The first-order chi connectivity index (χ1) is 7.90. The molecular formula is C14H22N2O. The molecule has 0 saturated heterocycles. The Labute approximate surface area is 103 Å². The largest absolute Gasteiger partial charge is 0.352 e. The lowest BCUT2D eigenvalue weighted by atomic mass is 9.92. The summed E-state index contributed by atoms with van der Waals surface area (Å²) in [7, 11) is 0. The smallest absolute Gasteiger partial charge is 0.220 e. The van der Waals surface area contributed by atoms with Crippen molar-refractivity contribution in [3.05, 3.63) is 35.4 Å². The fourth-order valence-electron chi connectivity index (χ4n) is 1.54. The average molecular weight is 234 g/mol. The summed E-state index contributed by atoms with van der Waals surface area (Å²) in [5, 5.41) is 2.92. The van der Waals surface area contributed by atoms with Crippen LogP contribution in [0.5, 0.6) is 0 Å². The second kappa shape index (κ2) is 5.82. The minimum atomic E-state index is 0.0352. The first-order valence-electron chi connectivity index (χ1n) is 5.95. The second-order valence-electron chi connectivity index (χ2n) is 5.53. The molecule has 0 atom stereocenters. The van der Waals surface area contributed by atoms with E-state index >= 15 is 0 Å². The number of rotatable bonds is 4. The van der Waals surface area contributed by atoms with Crippen LogP contribution in [-0.2, 0) is 17.9 Å². The molecule has 0 aromatic heterocycles. The second-order valence-corrected chi connectivity index (χ2v) is 5.53. The van der Waals surface area contributed by atoms with E-state index in [0.717, 1.165) is 11.1 Å². The van der Waals surface area contributed by atoms with Crippen LogP contribution in [0, 0.1) is 5.41 Å². The van der Waals surface area contributed by atoms with E-state index in [2.05, 4.69) is 26.1 Å². The van der Waals surface area contributed by atoms with E-state index in [4.69, 9.17) is 5.73 Å². The van der Waals surface area contributed by atoms with Gasteiger partial charge >= 0.3 is 0 Å². The molecule has 0 fully saturated rings. The normalized spacial score (nSPS) is 11.3. The van der Waals surface area contributed by atoms with Crippen molar-refractivity contribution in [3.8, 4) is 0 Å². The summed E-state index contributed by atoms with van der Waals surface area (Å²) in [5.41, 5.74) is 7.76. The number of hydrogen-bond donors (Lipinski definition) is 2. The quantitative estimate of drug-likeness (QED) is 0.839. The van der Waals surface area contributed by atoms with E-state index in [1.54, 1.807) is 0 Å². The lowest BCUT2D eigenvalue weighted by Crippen LogP contribution is -2.27. The molecule has 1 aromatic rings. The van der Waals surface area contributed by atoms with Crippen molar-refractivity contribution >= 4 is 5.91 Å². The standard InChI is InChI=1S/C14H22N2O/c1-14(2,3)8-13(17)16-10-12-6-4-11(9-15)5-7-12/h4-7H,8-10,15H2,1-3H3,(H,16,17). The molecule has 1 rings (SSSR count). The highest BCUT2D eigenvalue weighted by Crippen LogP contribution is 2.17. The fourth-order valence-corrected chi connectivity index (χ4v) is 1.54. The van der Waals surface area contributed by atoms with Crippen molar-refractivity contribution in [1.82, 2.24) is 5.32 Å². The number of nitrogens with two attached hydrogens (primary N) is 1. The molecule has 0 spiro atoms. The Morgan fingerprint density at radius 3 is 2.18 bits per heavy atom. The van der Waals surface area contributed by atoms with Gasteiger partial charge in [0.2, 0.25) is 5.91 Å². The van der Waals surface area contributed by atoms with Crippen molar-refractivity contribution in [2.24, 2.45) is 11.1 Å². The third-order valence-corrected chi connectivity index (χ3v) is 2.44. The summed E-state index contributed by atoms with van der Waals surface area (Å²) in [6.45, 7) is 7.31. The highest BCUT2D eigenvalue weighted by Gasteiger charge is 2.15. The number of nitrogens with one attached hydrogen (secondary N) is 1. The highest BCUT2D eigenvalue weighted by molar-refractivity contribution is 5.76. The Balaban J connectivity index is 2.42. The Morgan fingerprint density at radius 2 is 1.71 bits per heavy atom. The predicted molar refractivity (Wildman–Crippen MR) is 70.3 cm³/mol. The maximum Gasteiger partial charge on any atom is 0.220 e. The third kappa shape index (κ3) is 5.50. The molecule has 1 aromatic carbocycles. The van der Waals surface area contributed by atoms with E-state index in [0.29, 0.717) is 19.5 Å². The first-order valence-corrected chi connectivity index (χ1v) is 5.95.